The van der Waals surface area contributed by atoms with E-state index in [0.717, 1.165) is 21.3 Å². The lowest BCUT2D eigenvalue weighted by atomic mass is 9.98. The van der Waals surface area contributed by atoms with Crippen molar-refractivity contribution in [1.82, 2.24) is 14.5 Å². The van der Waals surface area contributed by atoms with Gasteiger partial charge in [0.1, 0.15) is 11.4 Å². The first-order valence-electron chi connectivity index (χ1n) is 11.5. The van der Waals surface area contributed by atoms with Crippen molar-refractivity contribution in [2.45, 2.75) is 26.1 Å². The SMILES string of the molecule is CCn1c(=O)c(C(=O)CNC(c2ccccc2)c2ccccc2)c(N)n(Cc2ccccc2)c1=O. The minimum atomic E-state index is -0.665. The smallest absolute Gasteiger partial charge is 0.332 e. The second kappa shape index (κ2) is 10.8. The Labute approximate surface area is 203 Å². The second-order valence-electron chi connectivity index (χ2n) is 8.22. The van der Waals surface area contributed by atoms with Crippen LogP contribution in [-0.4, -0.2) is 21.5 Å². The highest BCUT2D eigenvalue weighted by atomic mass is 16.2. The molecule has 178 valence electrons. The number of nitrogen functional groups attached to an aromatic ring is 1. The average Bonchev–Trinajstić information content (AvgIpc) is 2.89. The number of carbonyl (C=O) groups is 1. The zero-order chi connectivity index (χ0) is 24.8. The molecule has 0 aliphatic carbocycles. The number of nitrogens with one attached hydrogen (secondary N) is 1. The van der Waals surface area contributed by atoms with E-state index in [1.165, 1.54) is 4.57 Å². The van der Waals surface area contributed by atoms with E-state index in [-0.39, 0.29) is 37.1 Å². The van der Waals surface area contributed by atoms with Crippen LogP contribution >= 0.6 is 0 Å². The summed E-state index contributed by atoms with van der Waals surface area (Å²) in [5, 5.41) is 3.29. The first kappa shape index (κ1) is 23.9. The molecule has 0 aliphatic heterocycles. The van der Waals surface area contributed by atoms with Crippen LogP contribution in [-0.2, 0) is 13.1 Å². The molecule has 0 atom stereocenters. The topological polar surface area (TPSA) is 99.1 Å². The highest BCUT2D eigenvalue weighted by Crippen LogP contribution is 2.22. The number of benzene rings is 3. The van der Waals surface area contributed by atoms with E-state index in [4.69, 9.17) is 5.73 Å². The molecule has 0 amide bonds. The van der Waals surface area contributed by atoms with Gasteiger partial charge in [-0.3, -0.25) is 24.0 Å². The van der Waals surface area contributed by atoms with Gasteiger partial charge in [0.05, 0.1) is 19.1 Å². The average molecular weight is 469 g/mol. The molecule has 3 N–H and O–H groups in total. The molecular formula is C28H28N4O3. The molecule has 0 fully saturated rings. The van der Waals surface area contributed by atoms with E-state index >= 15 is 0 Å². The van der Waals surface area contributed by atoms with Crippen LogP contribution in [0.5, 0.6) is 0 Å². The van der Waals surface area contributed by atoms with Gasteiger partial charge in [0, 0.05) is 6.54 Å². The van der Waals surface area contributed by atoms with Gasteiger partial charge in [0.25, 0.3) is 5.56 Å². The Morgan fingerprint density at radius 1 is 0.829 bits per heavy atom. The number of carbonyl (C=O) groups excluding carboxylic acids is 1. The lowest BCUT2D eigenvalue weighted by Crippen LogP contribution is -2.45. The molecule has 35 heavy (non-hydrogen) atoms. The number of rotatable bonds is 9. The fourth-order valence-electron chi connectivity index (χ4n) is 4.18. The first-order valence-corrected chi connectivity index (χ1v) is 11.5. The molecule has 0 spiro atoms. The van der Waals surface area contributed by atoms with E-state index in [2.05, 4.69) is 5.32 Å². The van der Waals surface area contributed by atoms with Crippen LogP contribution in [0.1, 0.15) is 40.0 Å². The molecule has 0 bridgehead atoms. The molecule has 4 aromatic rings. The molecule has 1 heterocycles. The van der Waals surface area contributed by atoms with E-state index in [9.17, 15) is 14.4 Å². The van der Waals surface area contributed by atoms with Crippen molar-refractivity contribution in [1.29, 1.82) is 0 Å². The molecule has 0 saturated heterocycles. The highest BCUT2D eigenvalue weighted by molar-refractivity contribution is 6.01. The number of anilines is 1. The largest absolute Gasteiger partial charge is 0.384 e. The van der Waals surface area contributed by atoms with Crippen molar-refractivity contribution in [3.05, 3.63) is 134 Å². The zero-order valence-electron chi connectivity index (χ0n) is 19.6. The predicted molar refractivity (Wildman–Crippen MR) is 138 cm³/mol. The van der Waals surface area contributed by atoms with Crippen LogP contribution in [0.25, 0.3) is 0 Å². The summed E-state index contributed by atoms with van der Waals surface area (Å²) in [4.78, 5) is 39.4. The predicted octanol–water partition coefficient (Wildman–Crippen LogP) is 3.22. The Morgan fingerprint density at radius 3 is 1.86 bits per heavy atom. The van der Waals surface area contributed by atoms with Gasteiger partial charge in [-0.2, -0.15) is 0 Å². The number of nitrogens with two attached hydrogens (primary N) is 1. The minimum absolute atomic E-state index is 0.115. The van der Waals surface area contributed by atoms with Gasteiger partial charge in [-0.05, 0) is 23.6 Å². The molecule has 3 aromatic carbocycles. The van der Waals surface area contributed by atoms with Gasteiger partial charge >= 0.3 is 5.69 Å². The molecule has 0 unspecified atom stereocenters. The summed E-state index contributed by atoms with van der Waals surface area (Å²) in [5.74, 6) is -0.579. The van der Waals surface area contributed by atoms with Crippen molar-refractivity contribution >= 4 is 11.6 Å². The number of nitrogens with zero attached hydrogens (tertiary/aromatic N) is 2. The van der Waals surface area contributed by atoms with Crippen LogP contribution in [0.4, 0.5) is 5.82 Å². The Hall–Kier alpha value is -4.23. The van der Waals surface area contributed by atoms with Crippen molar-refractivity contribution in [3.8, 4) is 0 Å². The lowest BCUT2D eigenvalue weighted by Gasteiger charge is -2.20. The van der Waals surface area contributed by atoms with E-state index in [1.807, 2.05) is 91.0 Å². The number of hydrogen-bond acceptors (Lipinski definition) is 5. The number of Topliss-reactive ketones (excluding diaryl/α,β-unsaturated/α-hetero) is 1. The summed E-state index contributed by atoms with van der Waals surface area (Å²) in [5.41, 5.74) is 7.73. The Balaban J connectivity index is 1.68. The molecule has 7 nitrogen and oxygen atoms in total. The van der Waals surface area contributed by atoms with Gasteiger partial charge in [0.2, 0.25) is 0 Å². The van der Waals surface area contributed by atoms with E-state index in [1.54, 1.807) is 6.92 Å². The minimum Gasteiger partial charge on any atom is -0.384 e. The Kier molecular flexibility index (Phi) is 7.38. The third-order valence-electron chi connectivity index (χ3n) is 5.98. The van der Waals surface area contributed by atoms with Crippen LogP contribution in [0.2, 0.25) is 0 Å². The molecule has 0 radical (unpaired) electrons. The van der Waals surface area contributed by atoms with E-state index < -0.39 is 17.0 Å². The van der Waals surface area contributed by atoms with Gasteiger partial charge in [0.15, 0.2) is 5.78 Å². The molecular weight excluding hydrogens is 440 g/mol. The van der Waals surface area contributed by atoms with Crippen LogP contribution in [0.3, 0.4) is 0 Å². The summed E-state index contributed by atoms with van der Waals surface area (Å²) >= 11 is 0. The number of aromatic nitrogens is 2. The molecule has 1 aromatic heterocycles. The summed E-state index contributed by atoms with van der Waals surface area (Å²) in [6, 6.07) is 28.6. The van der Waals surface area contributed by atoms with E-state index in [0.29, 0.717) is 0 Å². The fraction of sp³-hybridized carbons (Fsp3) is 0.179. The van der Waals surface area contributed by atoms with Gasteiger partial charge in [-0.25, -0.2) is 4.79 Å². The van der Waals surface area contributed by atoms with Crippen molar-refractivity contribution in [2.24, 2.45) is 0 Å². The maximum Gasteiger partial charge on any atom is 0.332 e. The fourth-order valence-corrected chi connectivity index (χ4v) is 4.18. The maximum atomic E-state index is 13.4. The summed E-state index contributed by atoms with van der Waals surface area (Å²) in [7, 11) is 0. The summed E-state index contributed by atoms with van der Waals surface area (Å²) < 4.78 is 2.34. The summed E-state index contributed by atoms with van der Waals surface area (Å²) in [6.45, 7) is 1.87. The second-order valence-corrected chi connectivity index (χ2v) is 8.22. The zero-order valence-corrected chi connectivity index (χ0v) is 19.6. The molecule has 0 aliphatic rings. The lowest BCUT2D eigenvalue weighted by molar-refractivity contribution is 0.0986. The number of ketones is 1. The third-order valence-corrected chi connectivity index (χ3v) is 5.98. The quantitative estimate of drug-likeness (QED) is 0.368. The van der Waals surface area contributed by atoms with Crippen LogP contribution in [0.15, 0.2) is 101 Å². The monoisotopic (exact) mass is 468 g/mol. The maximum absolute atomic E-state index is 13.4. The van der Waals surface area contributed by atoms with Gasteiger partial charge < -0.3 is 5.73 Å². The van der Waals surface area contributed by atoms with Gasteiger partial charge in [-0.15, -0.1) is 0 Å². The van der Waals surface area contributed by atoms with Crippen molar-refractivity contribution in [3.63, 3.8) is 0 Å². The third kappa shape index (κ3) is 5.15. The molecule has 4 rings (SSSR count). The highest BCUT2D eigenvalue weighted by Gasteiger charge is 2.23. The number of hydrogen-bond donors (Lipinski definition) is 2. The first-order chi connectivity index (χ1) is 17.0. The van der Waals surface area contributed by atoms with Crippen molar-refractivity contribution < 1.29 is 4.79 Å². The Bertz CT molecular complexity index is 1370. The normalized spacial score (nSPS) is 11.0. The summed E-state index contributed by atoms with van der Waals surface area (Å²) in [6.07, 6.45) is 0. The van der Waals surface area contributed by atoms with Crippen molar-refractivity contribution in [2.75, 3.05) is 12.3 Å². The Morgan fingerprint density at radius 2 is 1.34 bits per heavy atom. The van der Waals surface area contributed by atoms with Crippen LogP contribution < -0.4 is 22.3 Å². The standard InChI is InChI=1S/C28H28N4O3/c1-2-31-27(34)24(26(29)32(28(31)35)19-20-12-6-3-7-13-20)23(33)18-30-25(21-14-8-4-9-15-21)22-16-10-5-11-17-22/h3-17,25,30H,2,18-19,29H2,1H3. The molecule has 7 heteroatoms. The van der Waals surface area contributed by atoms with Gasteiger partial charge in [-0.1, -0.05) is 91.0 Å². The molecule has 0 saturated carbocycles. The van der Waals surface area contributed by atoms with Crippen LogP contribution in [0, 0.1) is 0 Å².